The van der Waals surface area contributed by atoms with Crippen molar-refractivity contribution in [3.8, 4) is 11.5 Å². The van der Waals surface area contributed by atoms with E-state index in [0.717, 1.165) is 15.7 Å². The van der Waals surface area contributed by atoms with Crippen LogP contribution in [-0.4, -0.2) is 14.2 Å². The van der Waals surface area contributed by atoms with Gasteiger partial charge in [0.2, 0.25) is 0 Å². The zero-order valence-electron chi connectivity index (χ0n) is 11.2. The van der Waals surface area contributed by atoms with Crippen molar-refractivity contribution in [1.82, 2.24) is 0 Å². The molecule has 0 atom stereocenters. The van der Waals surface area contributed by atoms with E-state index in [0.29, 0.717) is 23.1 Å². The Kier molecular flexibility index (Phi) is 5.15. The van der Waals surface area contributed by atoms with Crippen LogP contribution >= 0.6 is 27.5 Å². The van der Waals surface area contributed by atoms with Crippen LogP contribution in [0, 0.1) is 0 Å². The number of benzene rings is 2. The number of halogens is 2. The van der Waals surface area contributed by atoms with E-state index < -0.39 is 0 Å². The molecule has 3 nitrogen and oxygen atoms in total. The molecule has 0 aliphatic carbocycles. The van der Waals surface area contributed by atoms with E-state index in [1.165, 1.54) is 0 Å². The lowest BCUT2D eigenvalue weighted by atomic mass is 10.2. The summed E-state index contributed by atoms with van der Waals surface area (Å²) >= 11 is 9.44. The van der Waals surface area contributed by atoms with Gasteiger partial charge < -0.3 is 14.8 Å². The first-order valence-electron chi connectivity index (χ1n) is 6.04. The van der Waals surface area contributed by atoms with Gasteiger partial charge >= 0.3 is 0 Å². The SMILES string of the molecule is COc1cc(CNc2cccc(Cl)c2)cc(Br)c1OC. The van der Waals surface area contributed by atoms with Crippen molar-refractivity contribution in [2.45, 2.75) is 6.54 Å². The summed E-state index contributed by atoms with van der Waals surface area (Å²) in [5.41, 5.74) is 2.05. The average molecular weight is 357 g/mol. The molecule has 0 aliphatic rings. The van der Waals surface area contributed by atoms with Crippen molar-refractivity contribution in [2.24, 2.45) is 0 Å². The third-order valence-corrected chi connectivity index (χ3v) is 3.64. The van der Waals surface area contributed by atoms with E-state index >= 15 is 0 Å². The van der Waals surface area contributed by atoms with E-state index in [2.05, 4.69) is 21.2 Å². The quantitative estimate of drug-likeness (QED) is 0.840. The number of nitrogens with one attached hydrogen (secondary N) is 1. The van der Waals surface area contributed by atoms with Crippen LogP contribution in [0.5, 0.6) is 11.5 Å². The molecule has 0 fully saturated rings. The molecule has 0 saturated heterocycles. The summed E-state index contributed by atoms with van der Waals surface area (Å²) in [6, 6.07) is 11.6. The van der Waals surface area contributed by atoms with E-state index in [1.807, 2.05) is 36.4 Å². The van der Waals surface area contributed by atoms with Gasteiger partial charge in [-0.3, -0.25) is 0 Å². The van der Waals surface area contributed by atoms with Crippen LogP contribution in [0.15, 0.2) is 40.9 Å². The van der Waals surface area contributed by atoms with Crippen LogP contribution in [0.3, 0.4) is 0 Å². The summed E-state index contributed by atoms with van der Waals surface area (Å²) in [5, 5.41) is 4.03. The molecule has 20 heavy (non-hydrogen) atoms. The van der Waals surface area contributed by atoms with E-state index in [4.69, 9.17) is 21.1 Å². The number of methoxy groups -OCH3 is 2. The molecule has 0 spiro atoms. The predicted octanol–water partition coefficient (Wildman–Crippen LogP) is 4.73. The molecule has 0 amide bonds. The van der Waals surface area contributed by atoms with E-state index in [-0.39, 0.29) is 0 Å². The number of ether oxygens (including phenoxy) is 2. The fraction of sp³-hybridized carbons (Fsp3) is 0.200. The Morgan fingerprint density at radius 1 is 1.15 bits per heavy atom. The maximum Gasteiger partial charge on any atom is 0.174 e. The zero-order chi connectivity index (χ0) is 14.5. The molecule has 0 aromatic heterocycles. The highest BCUT2D eigenvalue weighted by atomic mass is 79.9. The highest BCUT2D eigenvalue weighted by Crippen LogP contribution is 2.36. The Morgan fingerprint density at radius 3 is 2.60 bits per heavy atom. The summed E-state index contributed by atoms with van der Waals surface area (Å²) in [7, 11) is 3.24. The molecule has 106 valence electrons. The second kappa shape index (κ2) is 6.86. The van der Waals surface area contributed by atoms with Crippen molar-refractivity contribution in [3.05, 3.63) is 51.5 Å². The molecule has 0 heterocycles. The molecule has 5 heteroatoms. The van der Waals surface area contributed by atoms with Gasteiger partial charge in [-0.05, 0) is 51.8 Å². The van der Waals surface area contributed by atoms with Gasteiger partial charge in [0.05, 0.1) is 18.7 Å². The fourth-order valence-electron chi connectivity index (χ4n) is 1.88. The smallest absolute Gasteiger partial charge is 0.174 e. The highest BCUT2D eigenvalue weighted by molar-refractivity contribution is 9.10. The minimum absolute atomic E-state index is 0.666. The van der Waals surface area contributed by atoms with Crippen LogP contribution in [-0.2, 0) is 6.54 Å². The van der Waals surface area contributed by atoms with Gasteiger partial charge in [0.25, 0.3) is 0 Å². The predicted molar refractivity (Wildman–Crippen MR) is 86.0 cm³/mol. The fourth-order valence-corrected chi connectivity index (χ4v) is 2.72. The van der Waals surface area contributed by atoms with Gasteiger partial charge in [-0.25, -0.2) is 0 Å². The molecular formula is C15H15BrClNO2. The summed E-state index contributed by atoms with van der Waals surface area (Å²) < 4.78 is 11.5. The second-order valence-corrected chi connectivity index (χ2v) is 5.47. The Labute approximate surface area is 132 Å². The largest absolute Gasteiger partial charge is 0.493 e. The van der Waals surface area contributed by atoms with E-state index in [9.17, 15) is 0 Å². The van der Waals surface area contributed by atoms with Gasteiger partial charge in [0.1, 0.15) is 0 Å². The molecule has 1 N–H and O–H groups in total. The standard InChI is InChI=1S/C15H15BrClNO2/c1-19-14-7-10(6-13(16)15(14)20-2)9-18-12-5-3-4-11(17)8-12/h3-8,18H,9H2,1-2H3. The molecule has 2 aromatic rings. The Balaban J connectivity index is 2.16. The number of rotatable bonds is 5. The molecule has 0 bridgehead atoms. The number of hydrogen-bond acceptors (Lipinski definition) is 3. The van der Waals surface area contributed by atoms with Crippen molar-refractivity contribution < 1.29 is 9.47 Å². The first-order valence-corrected chi connectivity index (χ1v) is 7.21. The highest BCUT2D eigenvalue weighted by Gasteiger charge is 2.10. The third-order valence-electron chi connectivity index (χ3n) is 2.81. The molecule has 2 rings (SSSR count). The minimum Gasteiger partial charge on any atom is -0.493 e. The maximum atomic E-state index is 5.96. The average Bonchev–Trinajstić information content (AvgIpc) is 2.44. The Bertz CT molecular complexity index is 604. The third kappa shape index (κ3) is 3.58. The first-order chi connectivity index (χ1) is 9.63. The van der Waals surface area contributed by atoms with Gasteiger partial charge in [0, 0.05) is 17.3 Å². The summed E-state index contributed by atoms with van der Waals surface area (Å²) in [6.07, 6.45) is 0. The van der Waals surface area contributed by atoms with Crippen LogP contribution in [0.4, 0.5) is 5.69 Å². The van der Waals surface area contributed by atoms with Crippen LogP contribution < -0.4 is 14.8 Å². The van der Waals surface area contributed by atoms with Gasteiger partial charge in [-0.15, -0.1) is 0 Å². The Morgan fingerprint density at radius 2 is 1.95 bits per heavy atom. The summed E-state index contributed by atoms with van der Waals surface area (Å²) in [4.78, 5) is 0. The lowest BCUT2D eigenvalue weighted by Crippen LogP contribution is -2.01. The molecule has 0 radical (unpaired) electrons. The number of hydrogen-bond donors (Lipinski definition) is 1. The topological polar surface area (TPSA) is 30.5 Å². The van der Waals surface area contributed by atoms with Crippen LogP contribution in [0.1, 0.15) is 5.56 Å². The first kappa shape index (κ1) is 15.0. The van der Waals surface area contributed by atoms with Crippen LogP contribution in [0.25, 0.3) is 0 Å². The van der Waals surface area contributed by atoms with Crippen molar-refractivity contribution in [2.75, 3.05) is 19.5 Å². The molecule has 0 aliphatic heterocycles. The normalized spacial score (nSPS) is 10.2. The molecule has 0 unspecified atom stereocenters. The minimum atomic E-state index is 0.666. The lowest BCUT2D eigenvalue weighted by Gasteiger charge is -2.13. The van der Waals surface area contributed by atoms with Crippen molar-refractivity contribution >= 4 is 33.2 Å². The molecule has 0 saturated carbocycles. The van der Waals surface area contributed by atoms with Gasteiger partial charge in [0.15, 0.2) is 11.5 Å². The molecule has 2 aromatic carbocycles. The lowest BCUT2D eigenvalue weighted by molar-refractivity contribution is 0.352. The monoisotopic (exact) mass is 355 g/mol. The molecular weight excluding hydrogens is 342 g/mol. The van der Waals surface area contributed by atoms with Crippen molar-refractivity contribution in [1.29, 1.82) is 0 Å². The number of anilines is 1. The zero-order valence-corrected chi connectivity index (χ0v) is 13.6. The van der Waals surface area contributed by atoms with Gasteiger partial charge in [-0.2, -0.15) is 0 Å². The van der Waals surface area contributed by atoms with E-state index in [1.54, 1.807) is 14.2 Å². The van der Waals surface area contributed by atoms with Crippen LogP contribution in [0.2, 0.25) is 5.02 Å². The summed E-state index contributed by atoms with van der Waals surface area (Å²) in [6.45, 7) is 0.666. The Hall–Kier alpha value is -1.39. The summed E-state index contributed by atoms with van der Waals surface area (Å²) in [5.74, 6) is 1.39. The maximum absolute atomic E-state index is 5.96. The van der Waals surface area contributed by atoms with Crippen molar-refractivity contribution in [3.63, 3.8) is 0 Å². The second-order valence-electron chi connectivity index (χ2n) is 4.18. The van der Waals surface area contributed by atoms with Gasteiger partial charge in [-0.1, -0.05) is 17.7 Å².